The Morgan fingerprint density at radius 1 is 1.33 bits per heavy atom. The van der Waals surface area contributed by atoms with Crippen LogP contribution in [0.15, 0.2) is 24.5 Å². The second kappa shape index (κ2) is 3.89. The van der Waals surface area contributed by atoms with E-state index >= 15 is 0 Å². The van der Waals surface area contributed by atoms with Crippen LogP contribution in [-0.4, -0.2) is 14.8 Å². The van der Waals surface area contributed by atoms with E-state index in [1.807, 2.05) is 6.07 Å². The standard InChI is InChI=1S/C9H4Cl2N4/c10-7-4-13-15(5-7)9-2-6(3-12)1-8(11)14-9/h1-2,4-5H. The summed E-state index contributed by atoms with van der Waals surface area (Å²) in [5, 5.41) is 13.4. The van der Waals surface area contributed by atoms with Crippen molar-refractivity contribution < 1.29 is 0 Å². The number of aromatic nitrogens is 3. The number of nitriles is 1. The number of nitrogens with zero attached hydrogens (tertiary/aromatic N) is 4. The first kappa shape index (κ1) is 9.97. The van der Waals surface area contributed by atoms with E-state index in [1.165, 1.54) is 16.9 Å². The van der Waals surface area contributed by atoms with Crippen LogP contribution in [0.25, 0.3) is 5.82 Å². The third-order valence-electron chi connectivity index (χ3n) is 1.70. The van der Waals surface area contributed by atoms with Gasteiger partial charge in [0.05, 0.1) is 29.0 Å². The molecule has 2 rings (SSSR count). The topological polar surface area (TPSA) is 54.5 Å². The first-order valence-electron chi connectivity index (χ1n) is 3.97. The summed E-state index contributed by atoms with van der Waals surface area (Å²) >= 11 is 11.5. The normalized spacial score (nSPS) is 9.93. The van der Waals surface area contributed by atoms with E-state index in [0.29, 0.717) is 16.4 Å². The van der Waals surface area contributed by atoms with Crippen molar-refractivity contribution in [2.45, 2.75) is 0 Å². The van der Waals surface area contributed by atoms with Crippen molar-refractivity contribution in [2.24, 2.45) is 0 Å². The number of pyridine rings is 1. The van der Waals surface area contributed by atoms with Crippen molar-refractivity contribution in [1.29, 1.82) is 5.26 Å². The van der Waals surface area contributed by atoms with Crippen LogP contribution in [0.2, 0.25) is 10.2 Å². The molecule has 0 fully saturated rings. The molecule has 0 atom stereocenters. The van der Waals surface area contributed by atoms with Crippen molar-refractivity contribution in [2.75, 3.05) is 0 Å². The van der Waals surface area contributed by atoms with E-state index < -0.39 is 0 Å². The molecule has 0 spiro atoms. The van der Waals surface area contributed by atoms with E-state index in [9.17, 15) is 0 Å². The second-order valence-corrected chi connectivity index (χ2v) is 3.58. The Labute approximate surface area is 95.7 Å². The summed E-state index contributed by atoms with van der Waals surface area (Å²) < 4.78 is 1.45. The van der Waals surface area contributed by atoms with E-state index in [0.717, 1.165) is 0 Å². The van der Waals surface area contributed by atoms with Gasteiger partial charge in [-0.3, -0.25) is 0 Å². The Bertz CT molecular complexity index is 541. The minimum Gasteiger partial charge on any atom is -0.221 e. The predicted octanol–water partition coefficient (Wildman–Crippen LogP) is 2.45. The van der Waals surface area contributed by atoms with Crippen LogP contribution in [0.5, 0.6) is 0 Å². The molecule has 0 radical (unpaired) electrons. The van der Waals surface area contributed by atoms with E-state index in [4.69, 9.17) is 28.5 Å². The monoisotopic (exact) mass is 238 g/mol. The predicted molar refractivity (Wildman–Crippen MR) is 56.1 cm³/mol. The summed E-state index contributed by atoms with van der Waals surface area (Å²) in [4.78, 5) is 4.02. The number of hydrogen-bond donors (Lipinski definition) is 0. The Balaban J connectivity index is 2.54. The molecule has 74 valence electrons. The molecule has 6 heteroatoms. The summed E-state index contributed by atoms with van der Waals surface area (Å²) in [6.45, 7) is 0. The van der Waals surface area contributed by atoms with Crippen LogP contribution in [0.3, 0.4) is 0 Å². The molecule has 0 amide bonds. The first-order valence-corrected chi connectivity index (χ1v) is 4.73. The summed E-state index contributed by atoms with van der Waals surface area (Å²) in [6, 6.07) is 5.05. The molecule has 0 aliphatic carbocycles. The lowest BCUT2D eigenvalue weighted by molar-refractivity contribution is 0.846. The summed E-state index contributed by atoms with van der Waals surface area (Å²) in [7, 11) is 0. The van der Waals surface area contributed by atoms with Crippen LogP contribution in [0, 0.1) is 11.3 Å². The molecular weight excluding hydrogens is 235 g/mol. The highest BCUT2D eigenvalue weighted by atomic mass is 35.5. The minimum atomic E-state index is 0.246. The Morgan fingerprint density at radius 3 is 2.73 bits per heavy atom. The van der Waals surface area contributed by atoms with Crippen molar-refractivity contribution in [3.05, 3.63) is 40.3 Å². The van der Waals surface area contributed by atoms with Gasteiger partial charge in [0.1, 0.15) is 5.15 Å². The maximum absolute atomic E-state index is 8.75. The Morgan fingerprint density at radius 2 is 2.13 bits per heavy atom. The van der Waals surface area contributed by atoms with Gasteiger partial charge in [-0.2, -0.15) is 10.4 Å². The highest BCUT2D eigenvalue weighted by molar-refractivity contribution is 6.30. The van der Waals surface area contributed by atoms with Crippen LogP contribution in [0.4, 0.5) is 0 Å². The first-order chi connectivity index (χ1) is 7.19. The molecular formula is C9H4Cl2N4. The summed E-state index contributed by atoms with van der Waals surface area (Å²) in [5.74, 6) is 0.464. The van der Waals surface area contributed by atoms with Crippen molar-refractivity contribution >= 4 is 23.2 Å². The molecule has 0 unspecified atom stereocenters. The van der Waals surface area contributed by atoms with Gasteiger partial charge < -0.3 is 0 Å². The van der Waals surface area contributed by atoms with Crippen molar-refractivity contribution in [3.63, 3.8) is 0 Å². The lowest BCUT2D eigenvalue weighted by atomic mass is 10.3. The van der Waals surface area contributed by atoms with Crippen molar-refractivity contribution in [1.82, 2.24) is 14.8 Å². The highest BCUT2D eigenvalue weighted by Gasteiger charge is 2.04. The molecule has 0 saturated heterocycles. The molecule has 2 aromatic heterocycles. The minimum absolute atomic E-state index is 0.246. The zero-order chi connectivity index (χ0) is 10.8. The van der Waals surface area contributed by atoms with Gasteiger partial charge in [-0.1, -0.05) is 23.2 Å². The third kappa shape index (κ3) is 2.09. The molecule has 0 aliphatic heterocycles. The van der Waals surface area contributed by atoms with Crippen LogP contribution in [-0.2, 0) is 0 Å². The quantitative estimate of drug-likeness (QED) is 0.718. The fourth-order valence-electron chi connectivity index (χ4n) is 1.09. The highest BCUT2D eigenvalue weighted by Crippen LogP contribution is 2.15. The molecule has 2 aromatic rings. The summed E-state index contributed by atoms with van der Waals surface area (Å²) in [5.41, 5.74) is 0.427. The third-order valence-corrected chi connectivity index (χ3v) is 2.08. The molecule has 0 aromatic carbocycles. The number of rotatable bonds is 1. The average Bonchev–Trinajstić information content (AvgIpc) is 2.64. The lowest BCUT2D eigenvalue weighted by Gasteiger charge is -2.00. The average molecular weight is 239 g/mol. The van der Waals surface area contributed by atoms with Gasteiger partial charge in [-0.05, 0) is 6.07 Å². The van der Waals surface area contributed by atoms with Gasteiger partial charge in [-0.25, -0.2) is 9.67 Å². The maximum Gasteiger partial charge on any atom is 0.156 e. The van der Waals surface area contributed by atoms with Gasteiger partial charge >= 0.3 is 0 Å². The van der Waals surface area contributed by atoms with Gasteiger partial charge in [0.2, 0.25) is 0 Å². The van der Waals surface area contributed by atoms with Gasteiger partial charge in [0.25, 0.3) is 0 Å². The van der Waals surface area contributed by atoms with Gasteiger partial charge in [0, 0.05) is 6.07 Å². The Kier molecular flexibility index (Phi) is 2.58. The molecule has 2 heterocycles. The number of hydrogen-bond acceptors (Lipinski definition) is 3. The molecule has 0 saturated carbocycles. The van der Waals surface area contributed by atoms with Gasteiger partial charge in [0.15, 0.2) is 5.82 Å². The zero-order valence-corrected chi connectivity index (χ0v) is 8.87. The van der Waals surface area contributed by atoms with E-state index in [2.05, 4.69) is 10.1 Å². The van der Waals surface area contributed by atoms with E-state index in [-0.39, 0.29) is 5.15 Å². The van der Waals surface area contributed by atoms with Crippen LogP contribution < -0.4 is 0 Å². The van der Waals surface area contributed by atoms with E-state index in [1.54, 1.807) is 12.3 Å². The largest absolute Gasteiger partial charge is 0.221 e. The molecule has 0 aliphatic rings. The zero-order valence-electron chi connectivity index (χ0n) is 7.35. The fourth-order valence-corrected chi connectivity index (χ4v) is 1.43. The second-order valence-electron chi connectivity index (χ2n) is 2.75. The molecule has 0 bridgehead atoms. The molecule has 15 heavy (non-hydrogen) atoms. The molecule has 0 N–H and O–H groups in total. The SMILES string of the molecule is N#Cc1cc(Cl)nc(-n2cc(Cl)cn2)c1. The fraction of sp³-hybridized carbons (Fsp3) is 0. The van der Waals surface area contributed by atoms with Gasteiger partial charge in [-0.15, -0.1) is 0 Å². The van der Waals surface area contributed by atoms with Crippen molar-refractivity contribution in [3.8, 4) is 11.9 Å². The Hall–Kier alpha value is -1.57. The lowest BCUT2D eigenvalue weighted by Crippen LogP contribution is -1.98. The van der Waals surface area contributed by atoms with Crippen LogP contribution >= 0.6 is 23.2 Å². The van der Waals surface area contributed by atoms with Crippen LogP contribution in [0.1, 0.15) is 5.56 Å². The maximum atomic E-state index is 8.75. The number of halogens is 2. The molecule has 4 nitrogen and oxygen atoms in total. The summed E-state index contributed by atoms with van der Waals surface area (Å²) in [6.07, 6.45) is 3.07. The smallest absolute Gasteiger partial charge is 0.156 e.